The number of hydrogen-bond donors (Lipinski definition) is 3. The quantitative estimate of drug-likeness (QED) is 0.443. The number of carboxylic acid groups (broad SMARTS) is 3. The van der Waals surface area contributed by atoms with Crippen LogP contribution >= 0.6 is 0 Å². The molecule has 0 fully saturated rings. The molecule has 9 heavy (non-hydrogen) atoms. The molecule has 0 heterocycles. The molecule has 0 aliphatic heterocycles. The van der Waals surface area contributed by atoms with Crippen LogP contribution in [0.15, 0.2) is 0 Å². The first-order chi connectivity index (χ1) is 3.46. The molecule has 0 aromatic carbocycles. The van der Waals surface area contributed by atoms with Gasteiger partial charge in [0.05, 0.1) is 0 Å². The molecule has 3 N–H and O–H groups in total. The average molecular weight is 256 g/mol. The van der Waals surface area contributed by atoms with E-state index in [0.29, 0.717) is 0 Å². The second kappa shape index (κ2) is 11.6. The van der Waals surface area contributed by atoms with Gasteiger partial charge >= 0.3 is 75.0 Å². The minimum Gasteiger partial charge on any atom is -1.00 e. The van der Waals surface area contributed by atoms with E-state index in [0.717, 1.165) is 6.92 Å². The average Bonchev–Trinajstić information content (AvgIpc) is 1.25. The van der Waals surface area contributed by atoms with Crippen molar-refractivity contribution >= 4 is 12.1 Å². The summed E-state index contributed by atoms with van der Waals surface area (Å²) >= 11 is 0. The third-order valence-electron chi connectivity index (χ3n) is 0. The fourth-order valence-corrected chi connectivity index (χ4v) is 0. The van der Waals surface area contributed by atoms with Gasteiger partial charge in [0, 0.05) is 6.92 Å². The molecule has 0 bridgehead atoms. The van der Waals surface area contributed by atoms with Crippen molar-refractivity contribution in [3.05, 3.63) is 0 Å². The van der Waals surface area contributed by atoms with Crippen molar-refractivity contribution in [3.63, 3.8) is 0 Å². The van der Waals surface area contributed by atoms with E-state index < -0.39 is 12.1 Å². The molecule has 6 heteroatoms. The van der Waals surface area contributed by atoms with Crippen LogP contribution in [0.5, 0.6) is 0 Å². The predicted molar refractivity (Wildman–Crippen MR) is 25.1 cm³/mol. The van der Waals surface area contributed by atoms with Gasteiger partial charge in [-0.05, 0) is 0 Å². The molecule has 0 amide bonds. The van der Waals surface area contributed by atoms with Gasteiger partial charge in [0.1, 0.15) is 0 Å². The first kappa shape index (κ1) is 16.4. The van der Waals surface area contributed by atoms with Gasteiger partial charge in [0.15, 0.2) is 0 Å². The predicted octanol–water partition coefficient (Wildman–Crippen LogP) is -2.57. The van der Waals surface area contributed by atoms with Crippen LogP contribution in [-0.4, -0.2) is 27.4 Å². The van der Waals surface area contributed by atoms with E-state index in [1.165, 1.54) is 0 Å². The summed E-state index contributed by atoms with van der Waals surface area (Å²) in [6.45, 7) is 1.08. The van der Waals surface area contributed by atoms with E-state index in [2.05, 4.69) is 0 Å². The molecule has 50 valence electrons. The fourth-order valence-electron chi connectivity index (χ4n) is 0. The van der Waals surface area contributed by atoms with Crippen molar-refractivity contribution in [1.29, 1.82) is 0 Å². The molecular formula is C3H7CsO5. The normalized spacial score (nSPS) is 5.44. The van der Waals surface area contributed by atoms with E-state index in [1.807, 2.05) is 0 Å². The second-order valence-electron chi connectivity index (χ2n) is 0.802. The zero-order valence-corrected chi connectivity index (χ0v) is 11.4. The van der Waals surface area contributed by atoms with Gasteiger partial charge in [0.2, 0.25) is 0 Å². The van der Waals surface area contributed by atoms with Crippen LogP contribution < -0.4 is 68.9 Å². The zero-order chi connectivity index (χ0) is 7.15. The monoisotopic (exact) mass is 256 g/mol. The summed E-state index contributed by atoms with van der Waals surface area (Å²) in [6, 6.07) is 0. The standard InChI is InChI=1S/C2H4O2.CH2O3.Cs.H/c1-2(3)4;2-1(3)4;;/h1H3,(H,3,4);(H2,2,3,4);;/q;;+1;-1. The summed E-state index contributed by atoms with van der Waals surface area (Å²) in [5.74, 6) is -0.833. The Balaban J connectivity index is -0.0000000300. The topological polar surface area (TPSA) is 94.8 Å². The van der Waals surface area contributed by atoms with Crippen LogP contribution in [0, 0.1) is 0 Å². The third kappa shape index (κ3) is 647. The Morgan fingerprint density at radius 1 is 1.22 bits per heavy atom. The Morgan fingerprint density at radius 2 is 1.22 bits per heavy atom. The van der Waals surface area contributed by atoms with Gasteiger partial charge in [-0.2, -0.15) is 0 Å². The molecule has 0 saturated heterocycles. The van der Waals surface area contributed by atoms with Crippen LogP contribution in [0.25, 0.3) is 0 Å². The van der Waals surface area contributed by atoms with Gasteiger partial charge in [-0.25, -0.2) is 4.79 Å². The third-order valence-corrected chi connectivity index (χ3v) is 0. The maximum absolute atomic E-state index is 9.00. The number of aliphatic carboxylic acids is 1. The van der Waals surface area contributed by atoms with Crippen molar-refractivity contribution in [1.82, 2.24) is 0 Å². The van der Waals surface area contributed by atoms with Crippen LogP contribution in [0.4, 0.5) is 4.79 Å². The molecule has 0 spiro atoms. The van der Waals surface area contributed by atoms with Gasteiger partial charge in [-0.3, -0.25) is 4.79 Å². The van der Waals surface area contributed by atoms with Gasteiger partial charge in [-0.15, -0.1) is 0 Å². The maximum Gasteiger partial charge on any atom is 1.00 e. The molecule has 0 aliphatic carbocycles. The van der Waals surface area contributed by atoms with Gasteiger partial charge in [0.25, 0.3) is 5.97 Å². The minimum atomic E-state index is -1.83. The molecule has 0 atom stereocenters. The molecule has 0 saturated carbocycles. The van der Waals surface area contributed by atoms with E-state index in [1.54, 1.807) is 0 Å². The van der Waals surface area contributed by atoms with E-state index in [9.17, 15) is 0 Å². The molecule has 0 radical (unpaired) electrons. The first-order valence-electron chi connectivity index (χ1n) is 1.58. The van der Waals surface area contributed by atoms with Crippen molar-refractivity contribution in [2.24, 2.45) is 0 Å². The summed E-state index contributed by atoms with van der Waals surface area (Å²) in [7, 11) is 0. The van der Waals surface area contributed by atoms with E-state index in [4.69, 9.17) is 24.9 Å². The summed E-state index contributed by atoms with van der Waals surface area (Å²) < 4.78 is 0. The molecule has 0 aromatic heterocycles. The number of hydrogen-bond acceptors (Lipinski definition) is 2. The van der Waals surface area contributed by atoms with Crippen molar-refractivity contribution in [2.75, 3.05) is 0 Å². The van der Waals surface area contributed by atoms with E-state index in [-0.39, 0.29) is 70.3 Å². The Morgan fingerprint density at radius 3 is 1.22 bits per heavy atom. The number of rotatable bonds is 0. The Kier molecular flexibility index (Phi) is 21.1. The summed E-state index contributed by atoms with van der Waals surface area (Å²) in [5, 5.41) is 21.4. The van der Waals surface area contributed by atoms with E-state index >= 15 is 0 Å². The van der Waals surface area contributed by atoms with Crippen molar-refractivity contribution in [3.8, 4) is 0 Å². The van der Waals surface area contributed by atoms with Gasteiger partial charge < -0.3 is 16.7 Å². The SMILES string of the molecule is CC(=O)O.O=C(O)O.[Cs+].[H-]. The molecule has 0 unspecified atom stereocenters. The summed E-state index contributed by atoms with van der Waals surface area (Å²) in [4.78, 5) is 17.6. The summed E-state index contributed by atoms with van der Waals surface area (Å²) in [6.07, 6.45) is -1.83. The molecule has 0 rings (SSSR count). The minimum absolute atomic E-state index is 0. The Hall–Kier alpha value is 0.792. The second-order valence-corrected chi connectivity index (χ2v) is 0.802. The largest absolute Gasteiger partial charge is 1.00 e. The van der Waals surface area contributed by atoms with Crippen molar-refractivity contribution < 1.29 is 95.2 Å². The van der Waals surface area contributed by atoms with Crippen LogP contribution in [-0.2, 0) is 4.79 Å². The maximum atomic E-state index is 9.00. The van der Waals surface area contributed by atoms with Crippen LogP contribution in [0.2, 0.25) is 0 Å². The summed E-state index contributed by atoms with van der Waals surface area (Å²) in [5.41, 5.74) is 0. The molecule has 0 aliphatic rings. The zero-order valence-electron chi connectivity index (χ0n) is 6.16. The first-order valence-corrected chi connectivity index (χ1v) is 1.58. The molecule has 5 nitrogen and oxygen atoms in total. The van der Waals surface area contributed by atoms with Crippen LogP contribution in [0.3, 0.4) is 0 Å². The fraction of sp³-hybridized carbons (Fsp3) is 0.333. The molecular weight excluding hydrogens is 249 g/mol. The van der Waals surface area contributed by atoms with Crippen molar-refractivity contribution in [2.45, 2.75) is 6.92 Å². The Labute approximate surface area is 112 Å². The smallest absolute Gasteiger partial charge is 1.00 e. The molecule has 0 aromatic rings. The number of carboxylic acids is 1. The Bertz CT molecular complexity index is 74.9. The number of carbonyl (C=O) groups is 2. The van der Waals surface area contributed by atoms with Gasteiger partial charge in [-0.1, -0.05) is 0 Å². The van der Waals surface area contributed by atoms with Crippen LogP contribution in [0.1, 0.15) is 8.35 Å².